The van der Waals surface area contributed by atoms with Gasteiger partial charge < -0.3 is 14.2 Å². The van der Waals surface area contributed by atoms with Crippen molar-refractivity contribution in [2.75, 3.05) is 50.7 Å². The molecule has 2 aliphatic rings. The Balaban J connectivity index is 1.06. The van der Waals surface area contributed by atoms with Gasteiger partial charge >= 0.3 is 0 Å². The first-order chi connectivity index (χ1) is 17.2. The van der Waals surface area contributed by atoms with Crippen molar-refractivity contribution in [3.05, 3.63) is 77.7 Å². The number of carbonyl (C=O) groups is 1. The molecule has 2 aromatic heterocycles. The molecular weight excluding hydrogens is 460 g/mol. The monoisotopic (exact) mass is 486 g/mol. The average molecular weight is 487 g/mol. The number of hydrogen-bond acceptors (Lipinski definition) is 5. The molecule has 0 spiro atoms. The summed E-state index contributed by atoms with van der Waals surface area (Å²) in [5.41, 5.74) is 5.42. The summed E-state index contributed by atoms with van der Waals surface area (Å²) < 4.78 is 5.71. The predicted molar refractivity (Wildman–Crippen MR) is 141 cm³/mol. The van der Waals surface area contributed by atoms with Gasteiger partial charge in [0.2, 0.25) is 5.91 Å². The maximum Gasteiger partial charge on any atom is 0.237 e. The number of pyridine rings is 1. The van der Waals surface area contributed by atoms with E-state index in [4.69, 9.17) is 16.0 Å². The number of nitrogens with zero attached hydrogens (tertiary/aromatic N) is 4. The van der Waals surface area contributed by atoms with E-state index in [1.807, 2.05) is 35.4 Å². The zero-order chi connectivity index (χ0) is 23.8. The second-order valence-electron chi connectivity index (χ2n) is 9.22. The topological polar surface area (TPSA) is 52.8 Å². The van der Waals surface area contributed by atoms with Crippen LogP contribution in [-0.2, 0) is 4.79 Å². The summed E-state index contributed by atoms with van der Waals surface area (Å²) in [4.78, 5) is 24.1. The second-order valence-corrected chi connectivity index (χ2v) is 9.65. The van der Waals surface area contributed by atoms with Crippen LogP contribution in [0.15, 0.2) is 71.5 Å². The van der Waals surface area contributed by atoms with Crippen LogP contribution in [0.5, 0.6) is 0 Å². The molecule has 0 unspecified atom stereocenters. The van der Waals surface area contributed by atoms with E-state index in [9.17, 15) is 4.79 Å². The molecule has 0 N–H and O–H groups in total. The van der Waals surface area contributed by atoms with Gasteiger partial charge in [-0.3, -0.25) is 14.7 Å². The first-order valence-electron chi connectivity index (χ1n) is 12.1. The molecule has 2 aromatic carbocycles. The Labute approximate surface area is 209 Å². The highest BCUT2D eigenvalue weighted by Gasteiger charge is 2.24. The summed E-state index contributed by atoms with van der Waals surface area (Å²) in [6.45, 7) is 5.34. The van der Waals surface area contributed by atoms with E-state index in [0.717, 1.165) is 66.6 Å². The van der Waals surface area contributed by atoms with Crippen molar-refractivity contribution in [2.24, 2.45) is 0 Å². The molecule has 0 aliphatic carbocycles. The standard InChI is InChI=1S/C28H27ClN4O2/c29-22-4-5-24-25(18-22)30-10-6-26(24)32-15-13-31(14-16-32)19-27(34)33-11-7-20(8-12-33)23-3-1-2-21-9-17-35-28(21)23/h1-7,9-10,17-18H,8,11-16,19H2. The van der Waals surface area contributed by atoms with Crippen LogP contribution in [0.2, 0.25) is 5.02 Å². The van der Waals surface area contributed by atoms with Gasteiger partial charge in [0.25, 0.3) is 0 Å². The van der Waals surface area contributed by atoms with E-state index in [1.165, 1.54) is 11.3 Å². The Morgan fingerprint density at radius 3 is 2.74 bits per heavy atom. The van der Waals surface area contributed by atoms with Crippen molar-refractivity contribution in [1.29, 1.82) is 0 Å². The molecule has 178 valence electrons. The maximum absolute atomic E-state index is 13.0. The van der Waals surface area contributed by atoms with Gasteiger partial charge in [0.15, 0.2) is 0 Å². The molecule has 7 heteroatoms. The van der Waals surface area contributed by atoms with Gasteiger partial charge in [0.05, 0.1) is 18.3 Å². The highest BCUT2D eigenvalue weighted by atomic mass is 35.5. The number of furan rings is 1. The molecule has 0 radical (unpaired) electrons. The van der Waals surface area contributed by atoms with Crippen LogP contribution in [0.1, 0.15) is 12.0 Å². The van der Waals surface area contributed by atoms with Crippen molar-refractivity contribution in [2.45, 2.75) is 6.42 Å². The largest absolute Gasteiger partial charge is 0.464 e. The minimum absolute atomic E-state index is 0.203. The lowest BCUT2D eigenvalue weighted by atomic mass is 9.98. The van der Waals surface area contributed by atoms with Crippen LogP contribution in [0, 0.1) is 0 Å². The Kier molecular flexibility index (Phi) is 5.92. The molecule has 6 nitrogen and oxygen atoms in total. The normalized spacial score (nSPS) is 17.2. The molecule has 4 aromatic rings. The number of para-hydroxylation sites is 1. The Hall–Kier alpha value is -3.35. The fourth-order valence-electron chi connectivity index (χ4n) is 5.21. The molecule has 0 bridgehead atoms. The van der Waals surface area contributed by atoms with Crippen LogP contribution >= 0.6 is 11.6 Å². The van der Waals surface area contributed by atoms with Gasteiger partial charge in [-0.25, -0.2) is 0 Å². The number of hydrogen-bond donors (Lipinski definition) is 0. The lowest BCUT2D eigenvalue weighted by Gasteiger charge is -2.37. The van der Waals surface area contributed by atoms with E-state index >= 15 is 0 Å². The first kappa shape index (κ1) is 22.1. The highest BCUT2D eigenvalue weighted by Crippen LogP contribution is 2.30. The third kappa shape index (κ3) is 4.40. The van der Waals surface area contributed by atoms with E-state index in [2.05, 4.69) is 45.1 Å². The number of aromatic nitrogens is 1. The summed E-state index contributed by atoms with van der Waals surface area (Å²) >= 11 is 6.14. The second kappa shape index (κ2) is 9.36. The smallest absolute Gasteiger partial charge is 0.237 e. The van der Waals surface area contributed by atoms with Gasteiger partial charge in [-0.2, -0.15) is 0 Å². The fraction of sp³-hybridized carbons (Fsp3) is 0.286. The quantitative estimate of drug-likeness (QED) is 0.403. The third-order valence-electron chi connectivity index (χ3n) is 7.14. The van der Waals surface area contributed by atoms with Crippen molar-refractivity contribution in [3.8, 4) is 0 Å². The zero-order valence-electron chi connectivity index (χ0n) is 19.5. The fourth-order valence-corrected chi connectivity index (χ4v) is 5.37. The number of rotatable bonds is 4. The van der Waals surface area contributed by atoms with Crippen LogP contribution in [-0.4, -0.2) is 66.5 Å². The molecular formula is C28H27ClN4O2. The number of anilines is 1. The van der Waals surface area contributed by atoms with Gasteiger partial charge in [-0.15, -0.1) is 0 Å². The lowest BCUT2D eigenvalue weighted by Crippen LogP contribution is -2.50. The molecule has 0 atom stereocenters. The average Bonchev–Trinajstić information content (AvgIpc) is 3.38. The Morgan fingerprint density at radius 1 is 1.03 bits per heavy atom. The van der Waals surface area contributed by atoms with Crippen LogP contribution in [0.4, 0.5) is 5.69 Å². The molecule has 0 saturated carbocycles. The molecule has 1 fully saturated rings. The van der Waals surface area contributed by atoms with Crippen LogP contribution in [0.25, 0.3) is 27.4 Å². The van der Waals surface area contributed by atoms with Gasteiger partial charge in [0, 0.05) is 72.5 Å². The first-order valence-corrected chi connectivity index (χ1v) is 12.5. The van der Waals surface area contributed by atoms with Crippen LogP contribution < -0.4 is 4.90 Å². The molecule has 6 rings (SSSR count). The minimum atomic E-state index is 0.203. The molecule has 1 amide bonds. The number of halogens is 1. The zero-order valence-corrected chi connectivity index (χ0v) is 20.2. The van der Waals surface area contributed by atoms with Crippen LogP contribution in [0.3, 0.4) is 0 Å². The molecule has 35 heavy (non-hydrogen) atoms. The summed E-state index contributed by atoms with van der Waals surface area (Å²) in [7, 11) is 0. The van der Waals surface area contributed by atoms with E-state index < -0.39 is 0 Å². The van der Waals surface area contributed by atoms with Gasteiger partial charge in [-0.05, 0) is 42.3 Å². The number of fused-ring (bicyclic) bond motifs is 2. The summed E-state index contributed by atoms with van der Waals surface area (Å²) in [5.74, 6) is 0.203. The minimum Gasteiger partial charge on any atom is -0.464 e. The molecule has 2 aliphatic heterocycles. The highest BCUT2D eigenvalue weighted by molar-refractivity contribution is 6.31. The van der Waals surface area contributed by atoms with E-state index in [0.29, 0.717) is 18.1 Å². The summed E-state index contributed by atoms with van der Waals surface area (Å²) in [6.07, 6.45) is 6.60. The maximum atomic E-state index is 13.0. The number of piperazine rings is 1. The molecule has 4 heterocycles. The lowest BCUT2D eigenvalue weighted by molar-refractivity contribution is -0.132. The van der Waals surface area contributed by atoms with Crippen molar-refractivity contribution < 1.29 is 9.21 Å². The number of benzene rings is 2. The molecule has 1 saturated heterocycles. The summed E-state index contributed by atoms with van der Waals surface area (Å²) in [6, 6.07) is 16.2. The van der Waals surface area contributed by atoms with Crippen molar-refractivity contribution in [1.82, 2.24) is 14.8 Å². The van der Waals surface area contributed by atoms with Crippen molar-refractivity contribution >= 4 is 50.6 Å². The number of amides is 1. The third-order valence-corrected chi connectivity index (χ3v) is 7.38. The van der Waals surface area contributed by atoms with E-state index in [-0.39, 0.29) is 5.91 Å². The number of carbonyl (C=O) groups excluding carboxylic acids is 1. The van der Waals surface area contributed by atoms with Gasteiger partial charge in [0.1, 0.15) is 5.58 Å². The Morgan fingerprint density at radius 2 is 1.91 bits per heavy atom. The van der Waals surface area contributed by atoms with Gasteiger partial charge in [-0.1, -0.05) is 35.9 Å². The van der Waals surface area contributed by atoms with Crippen molar-refractivity contribution in [3.63, 3.8) is 0 Å². The predicted octanol–water partition coefficient (Wildman–Crippen LogP) is 5.07. The summed E-state index contributed by atoms with van der Waals surface area (Å²) in [5, 5.41) is 2.93. The Bertz CT molecular complexity index is 1420. The SMILES string of the molecule is O=C(CN1CCN(c2ccnc3cc(Cl)ccc23)CC1)N1CC=C(c2cccc3ccoc23)CC1. The van der Waals surface area contributed by atoms with E-state index in [1.54, 1.807) is 6.26 Å².